The van der Waals surface area contributed by atoms with Crippen LogP contribution in [-0.4, -0.2) is 34.5 Å². The fourth-order valence-electron chi connectivity index (χ4n) is 2.97. The molecule has 21 heavy (non-hydrogen) atoms. The van der Waals surface area contributed by atoms with Crippen molar-refractivity contribution in [3.05, 3.63) is 17.0 Å². The van der Waals surface area contributed by atoms with Crippen LogP contribution in [0.15, 0.2) is 4.52 Å². The highest BCUT2D eigenvalue weighted by Crippen LogP contribution is 2.28. The molecule has 6 heteroatoms. The van der Waals surface area contributed by atoms with Gasteiger partial charge in [-0.05, 0) is 27.2 Å². The Morgan fingerprint density at radius 1 is 1.43 bits per heavy atom. The van der Waals surface area contributed by atoms with E-state index in [4.69, 9.17) is 4.52 Å². The largest absolute Gasteiger partial charge is 0.361 e. The minimum Gasteiger partial charge on any atom is -0.361 e. The number of amides is 2. The first-order chi connectivity index (χ1) is 9.95. The molecular formula is C15H23N3O3. The topological polar surface area (TPSA) is 75.4 Å². The molecule has 1 aliphatic heterocycles. The third kappa shape index (κ3) is 3.09. The molecule has 1 aromatic heterocycles. The van der Waals surface area contributed by atoms with Gasteiger partial charge in [-0.3, -0.25) is 9.59 Å². The summed E-state index contributed by atoms with van der Waals surface area (Å²) in [6.07, 6.45) is 1.85. The minimum absolute atomic E-state index is 0.0183. The number of hydrogen-bond acceptors (Lipinski definition) is 4. The second-order valence-corrected chi connectivity index (χ2v) is 5.60. The summed E-state index contributed by atoms with van der Waals surface area (Å²) in [4.78, 5) is 26.3. The van der Waals surface area contributed by atoms with Crippen molar-refractivity contribution >= 4 is 11.8 Å². The minimum atomic E-state index is -0.423. The van der Waals surface area contributed by atoms with Crippen molar-refractivity contribution < 1.29 is 14.1 Å². The van der Waals surface area contributed by atoms with E-state index in [1.165, 1.54) is 0 Å². The maximum Gasteiger partial charge on any atom is 0.245 e. The van der Waals surface area contributed by atoms with Gasteiger partial charge < -0.3 is 14.7 Å². The lowest BCUT2D eigenvalue weighted by Gasteiger charge is -2.30. The molecule has 1 aliphatic rings. The van der Waals surface area contributed by atoms with Gasteiger partial charge in [-0.1, -0.05) is 18.5 Å². The molecular weight excluding hydrogens is 270 g/mol. The first-order valence-electron chi connectivity index (χ1n) is 7.48. The molecule has 0 bridgehead atoms. The Hall–Kier alpha value is -1.85. The van der Waals surface area contributed by atoms with Gasteiger partial charge in [0.25, 0.3) is 0 Å². The molecule has 2 rings (SSSR count). The first-order valence-corrected chi connectivity index (χ1v) is 7.48. The van der Waals surface area contributed by atoms with Crippen molar-refractivity contribution in [3.8, 4) is 0 Å². The molecule has 0 aromatic carbocycles. The summed E-state index contributed by atoms with van der Waals surface area (Å²) >= 11 is 0. The molecule has 116 valence electrons. The fraction of sp³-hybridized carbons (Fsp3) is 0.667. The highest BCUT2D eigenvalue weighted by molar-refractivity contribution is 5.90. The summed E-state index contributed by atoms with van der Waals surface area (Å²) in [7, 11) is 0. The molecule has 0 aliphatic carbocycles. The van der Waals surface area contributed by atoms with E-state index in [2.05, 4.69) is 10.5 Å². The summed E-state index contributed by atoms with van der Waals surface area (Å²) in [5.74, 6) is 0.647. The SMILES string of the molecule is CCCC1NC(=O)CCN(C(C)c2c(C)noc2C)C1=O. The number of nitrogens with one attached hydrogen (secondary N) is 1. The Labute approximate surface area is 124 Å². The van der Waals surface area contributed by atoms with Gasteiger partial charge in [-0.2, -0.15) is 0 Å². The number of aromatic nitrogens is 1. The van der Waals surface area contributed by atoms with Gasteiger partial charge in [0.15, 0.2) is 0 Å². The van der Waals surface area contributed by atoms with Gasteiger partial charge in [0, 0.05) is 18.5 Å². The van der Waals surface area contributed by atoms with E-state index in [0.717, 1.165) is 23.4 Å². The highest BCUT2D eigenvalue weighted by Gasteiger charge is 2.34. The third-order valence-electron chi connectivity index (χ3n) is 4.05. The van der Waals surface area contributed by atoms with Gasteiger partial charge in [0.1, 0.15) is 11.8 Å². The van der Waals surface area contributed by atoms with Crippen LogP contribution in [0.3, 0.4) is 0 Å². The number of rotatable bonds is 4. The summed E-state index contributed by atoms with van der Waals surface area (Å²) < 4.78 is 5.20. The molecule has 0 spiro atoms. The molecule has 1 saturated heterocycles. The Morgan fingerprint density at radius 3 is 2.71 bits per heavy atom. The van der Waals surface area contributed by atoms with Crippen LogP contribution in [0.4, 0.5) is 0 Å². The molecule has 1 fully saturated rings. The van der Waals surface area contributed by atoms with Gasteiger partial charge in [0.05, 0.1) is 11.7 Å². The maximum atomic E-state index is 12.7. The van der Waals surface area contributed by atoms with E-state index in [-0.39, 0.29) is 17.9 Å². The monoisotopic (exact) mass is 293 g/mol. The van der Waals surface area contributed by atoms with E-state index in [9.17, 15) is 9.59 Å². The van der Waals surface area contributed by atoms with Crippen molar-refractivity contribution in [2.75, 3.05) is 6.54 Å². The molecule has 6 nitrogen and oxygen atoms in total. The number of aryl methyl sites for hydroxylation is 2. The van der Waals surface area contributed by atoms with Crippen molar-refractivity contribution in [1.29, 1.82) is 0 Å². The summed E-state index contributed by atoms with van der Waals surface area (Å²) in [6.45, 7) is 8.12. The van der Waals surface area contributed by atoms with Crippen LogP contribution in [0.25, 0.3) is 0 Å². The summed E-state index contributed by atoms with van der Waals surface area (Å²) in [6, 6.07) is -0.566. The Balaban J connectivity index is 2.28. The number of carbonyl (C=O) groups is 2. The normalized spacial score (nSPS) is 21.1. The molecule has 1 N–H and O–H groups in total. The quantitative estimate of drug-likeness (QED) is 0.919. The van der Waals surface area contributed by atoms with Crippen LogP contribution < -0.4 is 5.32 Å². The van der Waals surface area contributed by atoms with Crippen LogP contribution in [0, 0.1) is 13.8 Å². The van der Waals surface area contributed by atoms with Gasteiger partial charge in [0.2, 0.25) is 11.8 Å². The maximum absolute atomic E-state index is 12.7. The van der Waals surface area contributed by atoms with Crippen molar-refractivity contribution in [1.82, 2.24) is 15.4 Å². The zero-order chi connectivity index (χ0) is 15.6. The van der Waals surface area contributed by atoms with E-state index >= 15 is 0 Å². The summed E-state index contributed by atoms with van der Waals surface area (Å²) in [5, 5.41) is 6.78. The predicted octanol–water partition coefficient (Wildman–Crippen LogP) is 1.87. The van der Waals surface area contributed by atoms with Gasteiger partial charge in [-0.15, -0.1) is 0 Å². The van der Waals surface area contributed by atoms with Crippen LogP contribution in [-0.2, 0) is 9.59 Å². The number of nitrogens with zero attached hydrogens (tertiary/aromatic N) is 2. The molecule has 1 aromatic rings. The number of carbonyl (C=O) groups excluding carboxylic acids is 2. The predicted molar refractivity (Wildman–Crippen MR) is 77.6 cm³/mol. The lowest BCUT2D eigenvalue weighted by atomic mass is 10.0. The third-order valence-corrected chi connectivity index (χ3v) is 4.05. The van der Waals surface area contributed by atoms with E-state index < -0.39 is 6.04 Å². The van der Waals surface area contributed by atoms with Gasteiger partial charge >= 0.3 is 0 Å². The molecule has 2 heterocycles. The number of hydrogen-bond donors (Lipinski definition) is 1. The van der Waals surface area contributed by atoms with Crippen molar-refractivity contribution in [3.63, 3.8) is 0 Å². The van der Waals surface area contributed by atoms with Crippen LogP contribution >= 0.6 is 0 Å². The van der Waals surface area contributed by atoms with E-state index in [1.807, 2.05) is 27.7 Å². The van der Waals surface area contributed by atoms with Crippen LogP contribution in [0.1, 0.15) is 56.2 Å². The molecule has 0 saturated carbocycles. The van der Waals surface area contributed by atoms with E-state index in [1.54, 1.807) is 4.90 Å². The zero-order valence-electron chi connectivity index (χ0n) is 13.1. The Kier molecular flexibility index (Phi) is 4.65. The first kappa shape index (κ1) is 15.5. The standard InChI is InChI=1S/C15H23N3O3/c1-5-6-12-15(20)18(8-7-13(19)16-12)10(3)14-9(2)17-21-11(14)4/h10,12H,5-8H2,1-4H3,(H,16,19). The molecule has 0 radical (unpaired) electrons. The molecule has 2 atom stereocenters. The lowest BCUT2D eigenvalue weighted by molar-refractivity contribution is -0.135. The summed E-state index contributed by atoms with van der Waals surface area (Å²) in [5.41, 5.74) is 1.73. The van der Waals surface area contributed by atoms with Crippen LogP contribution in [0.2, 0.25) is 0 Å². The molecule has 2 amide bonds. The Morgan fingerprint density at radius 2 is 2.14 bits per heavy atom. The Bertz CT molecular complexity index is 519. The second kappa shape index (κ2) is 6.28. The van der Waals surface area contributed by atoms with Crippen molar-refractivity contribution in [2.24, 2.45) is 0 Å². The lowest BCUT2D eigenvalue weighted by Crippen LogP contribution is -2.45. The fourth-order valence-corrected chi connectivity index (χ4v) is 2.97. The highest BCUT2D eigenvalue weighted by atomic mass is 16.5. The van der Waals surface area contributed by atoms with Crippen molar-refractivity contribution in [2.45, 2.75) is 59.0 Å². The average Bonchev–Trinajstić information content (AvgIpc) is 2.69. The smallest absolute Gasteiger partial charge is 0.245 e. The second-order valence-electron chi connectivity index (χ2n) is 5.60. The van der Waals surface area contributed by atoms with E-state index in [0.29, 0.717) is 19.4 Å². The zero-order valence-corrected chi connectivity index (χ0v) is 13.1. The molecule has 2 unspecified atom stereocenters. The van der Waals surface area contributed by atoms with Crippen LogP contribution in [0.5, 0.6) is 0 Å². The van der Waals surface area contributed by atoms with Gasteiger partial charge in [-0.25, -0.2) is 0 Å². The average molecular weight is 293 g/mol.